The highest BCUT2D eigenvalue weighted by atomic mass is 19.1. The molecule has 4 nitrogen and oxygen atoms in total. The van der Waals surface area contributed by atoms with E-state index in [2.05, 4.69) is 0 Å². The zero-order valence-electron chi connectivity index (χ0n) is 9.03. The third-order valence-corrected chi connectivity index (χ3v) is 1.97. The number of hydrogen-bond acceptors (Lipinski definition) is 4. The standard InChI is InChI=1S/C11H14FNO3/c1-15-11-3-2-8(6-9(11)12)10(14)7-16-5-4-13/h2-3,6H,4-5,7,13H2,1H3. The number of carbonyl (C=O) groups excluding carboxylic acids is 1. The Labute approximate surface area is 93.2 Å². The van der Waals surface area contributed by atoms with E-state index in [1.807, 2.05) is 0 Å². The van der Waals surface area contributed by atoms with Crippen LogP contribution in [0, 0.1) is 5.82 Å². The maximum atomic E-state index is 13.3. The van der Waals surface area contributed by atoms with Crippen LogP contribution < -0.4 is 10.5 Å². The van der Waals surface area contributed by atoms with Gasteiger partial charge in [-0.15, -0.1) is 0 Å². The first-order valence-corrected chi connectivity index (χ1v) is 4.83. The monoisotopic (exact) mass is 227 g/mol. The molecular weight excluding hydrogens is 213 g/mol. The largest absolute Gasteiger partial charge is 0.494 e. The lowest BCUT2D eigenvalue weighted by atomic mass is 10.1. The number of ether oxygens (including phenoxy) is 2. The number of nitrogens with two attached hydrogens (primary N) is 1. The molecule has 1 aromatic carbocycles. The van der Waals surface area contributed by atoms with E-state index < -0.39 is 5.82 Å². The first-order chi connectivity index (χ1) is 7.69. The minimum Gasteiger partial charge on any atom is -0.494 e. The average Bonchev–Trinajstić information content (AvgIpc) is 2.29. The molecule has 0 aromatic heterocycles. The smallest absolute Gasteiger partial charge is 0.188 e. The average molecular weight is 227 g/mol. The van der Waals surface area contributed by atoms with Crippen LogP contribution in [0.4, 0.5) is 4.39 Å². The number of hydrogen-bond donors (Lipinski definition) is 1. The van der Waals surface area contributed by atoms with Crippen LogP contribution in [0.1, 0.15) is 10.4 Å². The second-order valence-corrected chi connectivity index (χ2v) is 3.11. The zero-order valence-corrected chi connectivity index (χ0v) is 9.03. The van der Waals surface area contributed by atoms with Crippen molar-refractivity contribution in [1.29, 1.82) is 0 Å². The fourth-order valence-corrected chi connectivity index (χ4v) is 1.17. The normalized spacial score (nSPS) is 10.2. The van der Waals surface area contributed by atoms with Crippen LogP contribution in [0.5, 0.6) is 5.75 Å². The molecule has 0 aliphatic rings. The van der Waals surface area contributed by atoms with Crippen LogP contribution in [-0.2, 0) is 4.74 Å². The summed E-state index contributed by atoms with van der Waals surface area (Å²) in [5.74, 6) is -0.735. The van der Waals surface area contributed by atoms with Gasteiger partial charge < -0.3 is 15.2 Å². The van der Waals surface area contributed by atoms with Crippen LogP contribution in [0.3, 0.4) is 0 Å². The highest BCUT2D eigenvalue weighted by molar-refractivity contribution is 5.97. The van der Waals surface area contributed by atoms with Crippen molar-refractivity contribution < 1.29 is 18.7 Å². The van der Waals surface area contributed by atoms with Crippen molar-refractivity contribution >= 4 is 5.78 Å². The van der Waals surface area contributed by atoms with Gasteiger partial charge in [0.25, 0.3) is 0 Å². The summed E-state index contributed by atoms with van der Waals surface area (Å²) in [5.41, 5.74) is 5.46. The molecule has 0 fully saturated rings. The predicted octanol–water partition coefficient (Wildman–Crippen LogP) is 0.992. The van der Waals surface area contributed by atoms with Gasteiger partial charge in [-0.2, -0.15) is 0 Å². The number of Topliss-reactive ketones (excluding diaryl/α,β-unsaturated/α-hetero) is 1. The molecule has 0 spiro atoms. The number of halogens is 1. The van der Waals surface area contributed by atoms with Crippen LogP contribution >= 0.6 is 0 Å². The summed E-state index contributed by atoms with van der Waals surface area (Å²) in [6.45, 7) is 0.567. The Morgan fingerprint density at radius 1 is 1.50 bits per heavy atom. The molecule has 0 atom stereocenters. The molecule has 0 saturated heterocycles. The lowest BCUT2D eigenvalue weighted by Crippen LogP contribution is -2.14. The van der Waals surface area contributed by atoms with E-state index >= 15 is 0 Å². The highest BCUT2D eigenvalue weighted by Gasteiger charge is 2.09. The lowest BCUT2D eigenvalue weighted by molar-refractivity contribution is 0.0773. The van der Waals surface area contributed by atoms with Crippen molar-refractivity contribution in [3.8, 4) is 5.75 Å². The maximum absolute atomic E-state index is 13.3. The Hall–Kier alpha value is -1.46. The van der Waals surface area contributed by atoms with Crippen molar-refractivity contribution in [3.63, 3.8) is 0 Å². The molecule has 16 heavy (non-hydrogen) atoms. The van der Waals surface area contributed by atoms with E-state index in [0.29, 0.717) is 13.2 Å². The Bertz CT molecular complexity index is 368. The summed E-state index contributed by atoms with van der Waals surface area (Å²) in [6, 6.07) is 4.04. The van der Waals surface area contributed by atoms with Crippen molar-refractivity contribution in [3.05, 3.63) is 29.6 Å². The van der Waals surface area contributed by atoms with Gasteiger partial charge in [0.2, 0.25) is 0 Å². The van der Waals surface area contributed by atoms with Gasteiger partial charge in [-0.05, 0) is 18.2 Å². The molecule has 0 amide bonds. The third kappa shape index (κ3) is 3.29. The Kier molecular flexibility index (Phi) is 4.88. The Balaban J connectivity index is 2.66. The van der Waals surface area contributed by atoms with Gasteiger partial charge in [0, 0.05) is 12.1 Å². The summed E-state index contributed by atoms with van der Waals surface area (Å²) in [7, 11) is 1.37. The Morgan fingerprint density at radius 2 is 2.25 bits per heavy atom. The first kappa shape index (κ1) is 12.6. The molecular formula is C11H14FNO3. The molecule has 88 valence electrons. The number of ketones is 1. The van der Waals surface area contributed by atoms with E-state index in [1.54, 1.807) is 0 Å². The van der Waals surface area contributed by atoms with Crippen molar-refractivity contribution in [2.24, 2.45) is 5.73 Å². The molecule has 1 rings (SSSR count). The molecule has 1 aromatic rings. The summed E-state index contributed by atoms with van der Waals surface area (Å²) in [6.07, 6.45) is 0. The Morgan fingerprint density at radius 3 is 2.81 bits per heavy atom. The lowest BCUT2D eigenvalue weighted by Gasteiger charge is -2.05. The zero-order chi connectivity index (χ0) is 12.0. The van der Waals surface area contributed by atoms with Crippen LogP contribution in [0.15, 0.2) is 18.2 Å². The van der Waals surface area contributed by atoms with Crippen molar-refractivity contribution in [2.75, 3.05) is 26.9 Å². The molecule has 0 heterocycles. The molecule has 0 radical (unpaired) electrons. The van der Waals surface area contributed by atoms with Crippen molar-refractivity contribution in [1.82, 2.24) is 0 Å². The van der Waals surface area contributed by atoms with Crippen LogP contribution in [0.2, 0.25) is 0 Å². The second-order valence-electron chi connectivity index (χ2n) is 3.11. The number of methoxy groups -OCH3 is 1. The SMILES string of the molecule is COc1ccc(C(=O)COCCN)cc1F. The van der Waals surface area contributed by atoms with Crippen LogP contribution in [0.25, 0.3) is 0 Å². The molecule has 0 aliphatic carbocycles. The molecule has 0 bridgehead atoms. The van der Waals surface area contributed by atoms with Gasteiger partial charge in [-0.3, -0.25) is 4.79 Å². The summed E-state index contributed by atoms with van der Waals surface area (Å²) >= 11 is 0. The van der Waals surface area contributed by atoms with Gasteiger partial charge in [0.15, 0.2) is 17.3 Å². The van der Waals surface area contributed by atoms with E-state index in [9.17, 15) is 9.18 Å². The second kappa shape index (κ2) is 6.19. The minimum absolute atomic E-state index is 0.0943. The van der Waals surface area contributed by atoms with Gasteiger partial charge in [0.1, 0.15) is 6.61 Å². The van der Waals surface area contributed by atoms with Gasteiger partial charge in [0.05, 0.1) is 13.7 Å². The minimum atomic E-state index is -0.563. The van der Waals surface area contributed by atoms with Crippen LogP contribution in [-0.4, -0.2) is 32.7 Å². The summed E-state index contributed by atoms with van der Waals surface area (Å²) in [5, 5.41) is 0. The summed E-state index contributed by atoms with van der Waals surface area (Å²) in [4.78, 5) is 11.5. The molecule has 0 saturated carbocycles. The van der Waals surface area contributed by atoms with E-state index in [-0.39, 0.29) is 23.7 Å². The highest BCUT2D eigenvalue weighted by Crippen LogP contribution is 2.17. The summed E-state index contributed by atoms with van der Waals surface area (Å²) < 4.78 is 23.0. The van der Waals surface area contributed by atoms with E-state index in [0.717, 1.165) is 6.07 Å². The fraction of sp³-hybridized carbons (Fsp3) is 0.364. The quantitative estimate of drug-likeness (QED) is 0.581. The van der Waals surface area contributed by atoms with Gasteiger partial charge in [-0.1, -0.05) is 0 Å². The van der Waals surface area contributed by atoms with Gasteiger partial charge in [-0.25, -0.2) is 4.39 Å². The first-order valence-electron chi connectivity index (χ1n) is 4.83. The number of carbonyl (C=O) groups is 1. The molecule has 0 unspecified atom stereocenters. The van der Waals surface area contributed by atoms with E-state index in [4.69, 9.17) is 15.2 Å². The van der Waals surface area contributed by atoms with Gasteiger partial charge >= 0.3 is 0 Å². The van der Waals surface area contributed by atoms with E-state index in [1.165, 1.54) is 19.2 Å². The molecule has 0 aliphatic heterocycles. The van der Waals surface area contributed by atoms with Crippen molar-refractivity contribution in [2.45, 2.75) is 0 Å². The molecule has 5 heteroatoms. The predicted molar refractivity (Wildman–Crippen MR) is 57.2 cm³/mol. The topological polar surface area (TPSA) is 61.5 Å². The third-order valence-electron chi connectivity index (χ3n) is 1.97. The number of rotatable bonds is 6. The molecule has 2 N–H and O–H groups in total. The fourth-order valence-electron chi connectivity index (χ4n) is 1.17. The maximum Gasteiger partial charge on any atom is 0.188 e. The number of benzene rings is 1.